The van der Waals surface area contributed by atoms with Gasteiger partial charge in [-0.3, -0.25) is 4.79 Å². The van der Waals surface area contributed by atoms with E-state index in [1.54, 1.807) is 0 Å². The SMILES string of the molecule is CCCCCCCCCCCCCCCC(=O)O[C@H]1[C@H](O)[C@@H](O)[C@H](O[C@H]2CC[C@@]3(C)C(=CCC4[C@@H]5CC[C@H](C(C)CC[C@@H](CC)C(C)C)[C@@]5(C)CC[C@@H]43)C2)O[C@@H]1CO. The Bertz CT molecular complexity index is 1250. The summed E-state index contributed by atoms with van der Waals surface area (Å²) in [6.07, 6.45) is 26.1. The van der Waals surface area contributed by atoms with Crippen LogP contribution in [0.25, 0.3) is 0 Å². The summed E-state index contributed by atoms with van der Waals surface area (Å²) in [5.41, 5.74) is 2.13. The Labute approximate surface area is 355 Å². The first-order valence-electron chi connectivity index (χ1n) is 25.0. The number of unbranched alkanes of at least 4 members (excludes halogenated alkanes) is 12. The molecule has 2 unspecified atom stereocenters. The van der Waals surface area contributed by atoms with E-state index in [1.807, 2.05) is 0 Å². The largest absolute Gasteiger partial charge is 0.457 e. The van der Waals surface area contributed by atoms with Gasteiger partial charge in [-0.25, -0.2) is 0 Å². The van der Waals surface area contributed by atoms with Crippen molar-refractivity contribution in [3.8, 4) is 0 Å². The fraction of sp³-hybridized carbons (Fsp3) is 0.941. The van der Waals surface area contributed by atoms with Crippen molar-refractivity contribution in [1.29, 1.82) is 0 Å². The third kappa shape index (κ3) is 11.7. The van der Waals surface area contributed by atoms with Gasteiger partial charge < -0.3 is 29.5 Å². The van der Waals surface area contributed by atoms with Crippen molar-refractivity contribution in [2.45, 2.75) is 246 Å². The second-order valence-corrected chi connectivity index (χ2v) is 21.1. The first kappa shape index (κ1) is 48.0. The van der Waals surface area contributed by atoms with E-state index in [9.17, 15) is 20.1 Å². The number of allylic oxidation sites excluding steroid dienone is 1. The molecule has 0 aromatic heterocycles. The lowest BCUT2D eigenvalue weighted by Gasteiger charge is -2.58. The molecule has 1 heterocycles. The zero-order chi connectivity index (χ0) is 41.9. The maximum atomic E-state index is 12.8. The summed E-state index contributed by atoms with van der Waals surface area (Å²) in [6.45, 7) is 16.8. The van der Waals surface area contributed by atoms with E-state index in [0.717, 1.165) is 80.5 Å². The number of carbonyl (C=O) groups is 1. The molecule has 0 aromatic rings. The van der Waals surface area contributed by atoms with Crippen LogP contribution >= 0.6 is 0 Å². The molecule has 0 radical (unpaired) electrons. The summed E-state index contributed by atoms with van der Waals surface area (Å²) in [5, 5.41) is 32.6. The molecular weight excluding hydrogens is 725 g/mol. The second kappa shape index (κ2) is 22.9. The molecule has 3 N–H and O–H groups in total. The molecule has 7 heteroatoms. The highest BCUT2D eigenvalue weighted by atomic mass is 16.7. The van der Waals surface area contributed by atoms with E-state index in [0.29, 0.717) is 11.3 Å². The predicted molar refractivity (Wildman–Crippen MR) is 235 cm³/mol. The third-order valence-corrected chi connectivity index (χ3v) is 17.2. The lowest BCUT2D eigenvalue weighted by Crippen LogP contribution is -2.61. The van der Waals surface area contributed by atoms with Crippen molar-refractivity contribution >= 4 is 5.97 Å². The Morgan fingerprint density at radius 2 is 1.48 bits per heavy atom. The molecule has 5 rings (SSSR count). The van der Waals surface area contributed by atoms with Crippen LogP contribution in [0.2, 0.25) is 0 Å². The molecule has 5 aliphatic rings. The van der Waals surface area contributed by atoms with E-state index >= 15 is 0 Å². The van der Waals surface area contributed by atoms with Crippen molar-refractivity contribution in [3.05, 3.63) is 11.6 Å². The topological polar surface area (TPSA) is 105 Å². The molecule has 4 aliphatic carbocycles. The minimum atomic E-state index is -1.40. The number of aliphatic hydroxyl groups is 3. The Morgan fingerprint density at radius 3 is 2.10 bits per heavy atom. The van der Waals surface area contributed by atoms with Gasteiger partial charge in [0.1, 0.15) is 18.3 Å². The minimum Gasteiger partial charge on any atom is -0.457 e. The molecule has 0 aromatic carbocycles. The molecule has 7 nitrogen and oxygen atoms in total. The van der Waals surface area contributed by atoms with Crippen molar-refractivity contribution in [2.24, 2.45) is 52.3 Å². The van der Waals surface area contributed by atoms with Crippen molar-refractivity contribution < 1.29 is 34.3 Å². The molecule has 3 saturated carbocycles. The van der Waals surface area contributed by atoms with Gasteiger partial charge in [0.05, 0.1) is 12.7 Å². The predicted octanol–water partition coefficient (Wildman–Crippen LogP) is 11.9. The van der Waals surface area contributed by atoms with Crippen LogP contribution in [-0.2, 0) is 19.0 Å². The van der Waals surface area contributed by atoms with E-state index < -0.39 is 43.3 Å². The normalized spacial score (nSPS) is 37.1. The van der Waals surface area contributed by atoms with Gasteiger partial charge in [0.25, 0.3) is 0 Å². The Balaban J connectivity index is 1.05. The number of aliphatic hydroxyl groups excluding tert-OH is 3. The summed E-state index contributed by atoms with van der Waals surface area (Å²) in [7, 11) is 0. The summed E-state index contributed by atoms with van der Waals surface area (Å²) >= 11 is 0. The van der Waals surface area contributed by atoms with Crippen LogP contribution < -0.4 is 0 Å². The van der Waals surface area contributed by atoms with Crippen LogP contribution in [0.3, 0.4) is 0 Å². The average molecular weight is 815 g/mol. The van der Waals surface area contributed by atoms with Crippen LogP contribution in [0.5, 0.6) is 0 Å². The molecule has 336 valence electrons. The molecule has 1 aliphatic heterocycles. The molecule has 0 bridgehead atoms. The fourth-order valence-electron chi connectivity index (χ4n) is 13.4. The molecule has 1 saturated heterocycles. The van der Waals surface area contributed by atoms with Gasteiger partial charge in [0.2, 0.25) is 0 Å². The molecule has 58 heavy (non-hydrogen) atoms. The fourth-order valence-corrected chi connectivity index (χ4v) is 13.4. The van der Waals surface area contributed by atoms with Crippen LogP contribution in [-0.4, -0.2) is 64.7 Å². The van der Waals surface area contributed by atoms with E-state index in [4.69, 9.17) is 14.2 Å². The van der Waals surface area contributed by atoms with Crippen LogP contribution in [0.4, 0.5) is 0 Å². The number of esters is 1. The van der Waals surface area contributed by atoms with E-state index in [-0.39, 0.29) is 17.9 Å². The van der Waals surface area contributed by atoms with Crippen LogP contribution in [0.1, 0.15) is 209 Å². The van der Waals surface area contributed by atoms with Gasteiger partial charge in [-0.05, 0) is 116 Å². The lowest BCUT2D eigenvalue weighted by atomic mass is 9.47. The van der Waals surface area contributed by atoms with Gasteiger partial charge >= 0.3 is 5.97 Å². The number of hydrogen-bond acceptors (Lipinski definition) is 7. The van der Waals surface area contributed by atoms with Crippen molar-refractivity contribution in [2.75, 3.05) is 6.61 Å². The van der Waals surface area contributed by atoms with Gasteiger partial charge in [0, 0.05) is 6.42 Å². The Hall–Kier alpha value is -0.990. The first-order valence-corrected chi connectivity index (χ1v) is 25.0. The highest BCUT2D eigenvalue weighted by Crippen LogP contribution is 2.67. The summed E-state index contributed by atoms with van der Waals surface area (Å²) < 4.78 is 18.2. The monoisotopic (exact) mass is 815 g/mol. The first-order chi connectivity index (χ1) is 27.9. The van der Waals surface area contributed by atoms with Crippen LogP contribution in [0.15, 0.2) is 11.6 Å². The number of carbonyl (C=O) groups excluding carboxylic acids is 1. The molecule has 14 atom stereocenters. The van der Waals surface area contributed by atoms with Gasteiger partial charge in [-0.1, -0.05) is 150 Å². The van der Waals surface area contributed by atoms with Gasteiger partial charge in [0.15, 0.2) is 12.4 Å². The minimum absolute atomic E-state index is 0.139. The Kier molecular flexibility index (Phi) is 19.0. The quantitative estimate of drug-likeness (QED) is 0.0506. The van der Waals surface area contributed by atoms with E-state index in [2.05, 4.69) is 54.5 Å². The molecular formula is C51H90O7. The van der Waals surface area contributed by atoms with Gasteiger partial charge in [-0.2, -0.15) is 0 Å². The highest BCUT2D eigenvalue weighted by Gasteiger charge is 2.59. The average Bonchev–Trinajstić information content (AvgIpc) is 3.57. The Morgan fingerprint density at radius 1 is 0.828 bits per heavy atom. The molecule has 0 amide bonds. The standard InChI is InChI=1S/C51H90O7/c1-8-10-11-12-13-14-15-16-17-18-19-20-21-22-45(53)58-48-44(34-52)57-49(47(55)46(48)54)56-39-29-31-50(6)38(33-39)25-26-40-42-28-27-41(51(42,7)32-30-43(40)50)36(5)23-24-37(9-2)35(3)4/h25,35-37,39-44,46-49,52,54-55H,8-24,26-34H2,1-7H3/t36?,37-,39+,40?,41-,42+,43+,44-,46-,47-,48-,49-,50+,51-/m1/s1. The zero-order valence-electron chi connectivity index (χ0n) is 38.4. The number of rotatable bonds is 24. The van der Waals surface area contributed by atoms with Crippen molar-refractivity contribution in [1.82, 2.24) is 0 Å². The maximum Gasteiger partial charge on any atom is 0.306 e. The third-order valence-electron chi connectivity index (χ3n) is 17.2. The number of hydrogen-bond donors (Lipinski definition) is 3. The smallest absolute Gasteiger partial charge is 0.306 e. The number of fused-ring (bicyclic) bond motifs is 5. The van der Waals surface area contributed by atoms with Crippen molar-refractivity contribution in [3.63, 3.8) is 0 Å². The molecule has 4 fully saturated rings. The zero-order valence-corrected chi connectivity index (χ0v) is 38.4. The lowest BCUT2D eigenvalue weighted by molar-refractivity contribution is -0.314. The van der Waals surface area contributed by atoms with E-state index in [1.165, 1.54) is 115 Å². The second-order valence-electron chi connectivity index (χ2n) is 21.1. The summed E-state index contributed by atoms with van der Waals surface area (Å²) in [6, 6.07) is 0. The number of ether oxygens (including phenoxy) is 3. The highest BCUT2D eigenvalue weighted by molar-refractivity contribution is 5.69. The molecule has 0 spiro atoms. The van der Waals surface area contributed by atoms with Crippen LogP contribution in [0, 0.1) is 52.3 Å². The summed E-state index contributed by atoms with van der Waals surface area (Å²) in [5.74, 6) is 5.13. The maximum absolute atomic E-state index is 12.8. The summed E-state index contributed by atoms with van der Waals surface area (Å²) in [4.78, 5) is 12.8. The van der Waals surface area contributed by atoms with Gasteiger partial charge in [-0.15, -0.1) is 0 Å².